The molecule has 2 atom stereocenters. The van der Waals surface area contributed by atoms with Crippen LogP contribution in [0.25, 0.3) is 0 Å². The summed E-state index contributed by atoms with van der Waals surface area (Å²) in [4.78, 5) is 4.79. The Bertz CT molecular complexity index is 930. The first-order valence-corrected chi connectivity index (χ1v) is 10.4. The Morgan fingerprint density at radius 3 is 0.967 bits per heavy atom. The highest BCUT2D eigenvalue weighted by Crippen LogP contribution is 2.41. The van der Waals surface area contributed by atoms with Gasteiger partial charge in [-0.2, -0.15) is 0 Å². The number of anilines is 2. The number of para-hydroxylation sites is 2. The minimum atomic E-state index is 0.126. The van der Waals surface area contributed by atoms with Gasteiger partial charge in [0, 0.05) is 25.5 Å². The highest BCUT2D eigenvalue weighted by atomic mass is 15.2. The Hall–Kier alpha value is -3.52. The third-order valence-electron chi connectivity index (χ3n) is 5.74. The fourth-order valence-electron chi connectivity index (χ4n) is 4.18. The predicted molar refractivity (Wildman–Crippen MR) is 128 cm³/mol. The first-order valence-electron chi connectivity index (χ1n) is 10.4. The van der Waals surface area contributed by atoms with Gasteiger partial charge in [-0.25, -0.2) is 0 Å². The molecule has 0 aliphatic heterocycles. The van der Waals surface area contributed by atoms with Crippen LogP contribution in [0, 0.1) is 0 Å². The topological polar surface area (TPSA) is 6.48 Å². The molecular weight excluding hydrogens is 364 g/mol. The molecule has 0 aliphatic rings. The summed E-state index contributed by atoms with van der Waals surface area (Å²) in [5.74, 6) is 0. The zero-order chi connectivity index (χ0) is 20.8. The highest BCUT2D eigenvalue weighted by Gasteiger charge is 2.32. The Kier molecular flexibility index (Phi) is 6.14. The van der Waals surface area contributed by atoms with Crippen LogP contribution in [0.4, 0.5) is 11.4 Å². The fourth-order valence-corrected chi connectivity index (χ4v) is 4.18. The maximum absolute atomic E-state index is 2.40. The van der Waals surface area contributed by atoms with Gasteiger partial charge >= 0.3 is 0 Å². The third kappa shape index (κ3) is 4.23. The van der Waals surface area contributed by atoms with Crippen molar-refractivity contribution in [1.29, 1.82) is 0 Å². The van der Waals surface area contributed by atoms with Gasteiger partial charge in [0.1, 0.15) is 0 Å². The van der Waals surface area contributed by atoms with Crippen molar-refractivity contribution in [3.8, 4) is 0 Å². The van der Waals surface area contributed by atoms with Crippen molar-refractivity contribution in [2.75, 3.05) is 23.9 Å². The zero-order valence-electron chi connectivity index (χ0n) is 17.6. The second kappa shape index (κ2) is 9.32. The molecule has 0 saturated carbocycles. The van der Waals surface area contributed by atoms with Gasteiger partial charge < -0.3 is 9.80 Å². The lowest BCUT2D eigenvalue weighted by atomic mass is 9.90. The number of benzene rings is 4. The quantitative estimate of drug-likeness (QED) is 0.343. The molecule has 4 rings (SSSR count). The van der Waals surface area contributed by atoms with E-state index in [1.807, 2.05) is 0 Å². The van der Waals surface area contributed by atoms with E-state index in [1.165, 1.54) is 22.5 Å². The van der Waals surface area contributed by atoms with Crippen LogP contribution in [0.1, 0.15) is 23.2 Å². The first-order chi connectivity index (χ1) is 14.8. The molecule has 2 nitrogen and oxygen atoms in total. The summed E-state index contributed by atoms with van der Waals surface area (Å²) in [6, 6.07) is 43.2. The van der Waals surface area contributed by atoms with E-state index >= 15 is 0 Å². The second-order valence-electron chi connectivity index (χ2n) is 7.60. The Morgan fingerprint density at radius 2 is 0.667 bits per heavy atom. The van der Waals surface area contributed by atoms with Gasteiger partial charge in [0.2, 0.25) is 0 Å². The van der Waals surface area contributed by atoms with Crippen molar-refractivity contribution in [2.45, 2.75) is 12.1 Å². The van der Waals surface area contributed by atoms with Crippen molar-refractivity contribution < 1.29 is 0 Å². The molecule has 4 aromatic carbocycles. The van der Waals surface area contributed by atoms with Gasteiger partial charge in [0.25, 0.3) is 0 Å². The van der Waals surface area contributed by atoms with Crippen LogP contribution < -0.4 is 9.80 Å². The molecule has 0 aromatic heterocycles. The van der Waals surface area contributed by atoms with Crippen molar-refractivity contribution in [3.63, 3.8) is 0 Å². The van der Waals surface area contributed by atoms with Gasteiger partial charge in [-0.1, -0.05) is 97.1 Å². The Labute approximate surface area is 180 Å². The molecule has 0 radical (unpaired) electrons. The van der Waals surface area contributed by atoms with Crippen LogP contribution in [0.5, 0.6) is 0 Å². The van der Waals surface area contributed by atoms with E-state index in [9.17, 15) is 0 Å². The molecule has 0 saturated heterocycles. The first kappa shape index (κ1) is 19.8. The third-order valence-corrected chi connectivity index (χ3v) is 5.74. The number of hydrogen-bond acceptors (Lipinski definition) is 2. The lowest BCUT2D eigenvalue weighted by Gasteiger charge is -2.42. The van der Waals surface area contributed by atoms with E-state index in [0.717, 1.165) is 0 Å². The molecule has 0 spiro atoms. The Morgan fingerprint density at radius 1 is 0.400 bits per heavy atom. The summed E-state index contributed by atoms with van der Waals surface area (Å²) < 4.78 is 0. The van der Waals surface area contributed by atoms with E-state index in [2.05, 4.69) is 145 Å². The molecule has 150 valence electrons. The molecule has 30 heavy (non-hydrogen) atoms. The molecule has 0 fully saturated rings. The Balaban J connectivity index is 1.87. The predicted octanol–water partition coefficient (Wildman–Crippen LogP) is 6.74. The lowest BCUT2D eigenvalue weighted by Crippen LogP contribution is -2.38. The van der Waals surface area contributed by atoms with E-state index in [0.29, 0.717) is 0 Å². The van der Waals surface area contributed by atoms with E-state index < -0.39 is 0 Å². The van der Waals surface area contributed by atoms with Crippen LogP contribution in [-0.4, -0.2) is 14.1 Å². The van der Waals surface area contributed by atoms with E-state index in [4.69, 9.17) is 0 Å². The summed E-state index contributed by atoms with van der Waals surface area (Å²) in [6.07, 6.45) is 0. The van der Waals surface area contributed by atoms with Gasteiger partial charge in [0.15, 0.2) is 0 Å². The van der Waals surface area contributed by atoms with E-state index in [1.54, 1.807) is 0 Å². The molecule has 0 bridgehead atoms. The molecule has 0 heterocycles. The summed E-state index contributed by atoms with van der Waals surface area (Å²) in [7, 11) is 4.39. The average molecular weight is 393 g/mol. The zero-order valence-corrected chi connectivity index (χ0v) is 17.6. The van der Waals surface area contributed by atoms with Crippen LogP contribution in [-0.2, 0) is 0 Å². The van der Waals surface area contributed by atoms with Crippen LogP contribution >= 0.6 is 0 Å². The average Bonchev–Trinajstić information content (AvgIpc) is 2.84. The molecule has 2 heteroatoms. The van der Waals surface area contributed by atoms with Gasteiger partial charge in [0.05, 0.1) is 12.1 Å². The molecule has 0 N–H and O–H groups in total. The van der Waals surface area contributed by atoms with Crippen molar-refractivity contribution in [2.24, 2.45) is 0 Å². The number of likely N-dealkylation sites (N-methyl/N-ethyl adjacent to an activating group) is 2. The lowest BCUT2D eigenvalue weighted by molar-refractivity contribution is 0.521. The van der Waals surface area contributed by atoms with Gasteiger partial charge in [-0.05, 0) is 35.4 Å². The summed E-state index contributed by atoms with van der Waals surface area (Å²) in [5.41, 5.74) is 4.99. The van der Waals surface area contributed by atoms with Gasteiger partial charge in [-0.3, -0.25) is 0 Å². The largest absolute Gasteiger partial charge is 0.365 e. The summed E-state index contributed by atoms with van der Waals surface area (Å²) in [6.45, 7) is 0. The monoisotopic (exact) mass is 392 g/mol. The standard InChI is InChI=1S/C28H28N2/c1-29(25-19-11-5-12-20-25)27(23-15-7-3-8-16-23)28(24-17-9-4-10-18-24)30(2)26-21-13-6-14-22-26/h3-22,27-28H,1-2H3/t27-,28+. The maximum Gasteiger partial charge on any atom is 0.0784 e. The minimum absolute atomic E-state index is 0.126. The second-order valence-corrected chi connectivity index (χ2v) is 7.60. The van der Waals surface area contributed by atoms with Gasteiger partial charge in [-0.15, -0.1) is 0 Å². The van der Waals surface area contributed by atoms with Crippen molar-refractivity contribution >= 4 is 11.4 Å². The molecular formula is C28H28N2. The van der Waals surface area contributed by atoms with Crippen molar-refractivity contribution in [1.82, 2.24) is 0 Å². The van der Waals surface area contributed by atoms with Crippen LogP contribution in [0.3, 0.4) is 0 Å². The summed E-state index contributed by atoms with van der Waals surface area (Å²) in [5, 5.41) is 0. The highest BCUT2D eigenvalue weighted by molar-refractivity contribution is 5.54. The SMILES string of the molecule is CN(c1ccccc1)[C@H](c1ccccc1)[C@H](c1ccccc1)N(C)c1ccccc1. The maximum atomic E-state index is 2.40. The molecule has 0 amide bonds. The smallest absolute Gasteiger partial charge is 0.0784 e. The number of nitrogens with zero attached hydrogens (tertiary/aromatic N) is 2. The fraction of sp³-hybridized carbons (Fsp3) is 0.143. The van der Waals surface area contributed by atoms with Crippen LogP contribution in [0.15, 0.2) is 121 Å². The normalized spacial score (nSPS) is 12.7. The number of rotatable bonds is 7. The van der Waals surface area contributed by atoms with E-state index in [-0.39, 0.29) is 12.1 Å². The van der Waals surface area contributed by atoms with Crippen molar-refractivity contribution in [3.05, 3.63) is 132 Å². The number of hydrogen-bond donors (Lipinski definition) is 0. The van der Waals surface area contributed by atoms with Crippen LogP contribution in [0.2, 0.25) is 0 Å². The minimum Gasteiger partial charge on any atom is -0.365 e. The molecule has 4 aromatic rings. The summed E-state index contributed by atoms with van der Waals surface area (Å²) >= 11 is 0. The molecule has 0 aliphatic carbocycles. The molecule has 0 unspecified atom stereocenters.